The van der Waals surface area contributed by atoms with Crippen LogP contribution in [-0.2, 0) is 16.0 Å². The highest BCUT2D eigenvalue weighted by molar-refractivity contribution is 5.06. The smallest absolute Gasteiger partial charge is 0.118 e. The number of rotatable bonds is 5. The van der Waals surface area contributed by atoms with Gasteiger partial charge in [-0.25, -0.2) is 0 Å². The van der Waals surface area contributed by atoms with Crippen LogP contribution in [0.2, 0.25) is 0 Å². The van der Waals surface area contributed by atoms with Crippen LogP contribution in [0.25, 0.3) is 0 Å². The van der Waals surface area contributed by atoms with Crippen LogP contribution in [0, 0.1) is 12.3 Å². The molecule has 2 fully saturated rings. The molecule has 0 aliphatic carbocycles. The fraction of sp³-hybridized carbons (Fsp3) is 0.778. The van der Waals surface area contributed by atoms with Crippen molar-refractivity contribution in [2.75, 3.05) is 59.7 Å². The Morgan fingerprint density at radius 3 is 2.87 bits per heavy atom. The van der Waals surface area contributed by atoms with E-state index in [9.17, 15) is 0 Å². The van der Waals surface area contributed by atoms with E-state index in [1.54, 1.807) is 7.11 Å². The zero-order valence-corrected chi connectivity index (χ0v) is 14.6. The lowest BCUT2D eigenvalue weighted by atomic mass is 9.80. The molecule has 0 saturated carbocycles. The van der Waals surface area contributed by atoms with E-state index in [0.717, 1.165) is 70.6 Å². The number of piperidine rings is 1. The van der Waals surface area contributed by atoms with E-state index in [0.29, 0.717) is 0 Å². The summed E-state index contributed by atoms with van der Waals surface area (Å²) in [6.07, 6.45) is 2.49. The van der Waals surface area contributed by atoms with E-state index >= 15 is 0 Å². The molecule has 0 bridgehead atoms. The topological polar surface area (TPSA) is 38.1 Å². The highest BCUT2D eigenvalue weighted by atomic mass is 16.5. The lowest BCUT2D eigenvalue weighted by Crippen LogP contribution is -2.50. The molecule has 23 heavy (non-hydrogen) atoms. The summed E-state index contributed by atoms with van der Waals surface area (Å²) in [5, 5.41) is 0. The SMILES string of the molecule is COCCN1CCOCC2(CCCN(Cc3ccc(C)o3)C2)C1. The van der Waals surface area contributed by atoms with Crippen LogP contribution >= 0.6 is 0 Å². The molecule has 0 radical (unpaired) electrons. The number of methoxy groups -OCH3 is 1. The summed E-state index contributed by atoms with van der Waals surface area (Å²) >= 11 is 0. The summed E-state index contributed by atoms with van der Waals surface area (Å²) in [7, 11) is 1.78. The van der Waals surface area contributed by atoms with Crippen molar-refractivity contribution in [2.45, 2.75) is 26.3 Å². The highest BCUT2D eigenvalue weighted by Crippen LogP contribution is 2.33. The summed E-state index contributed by atoms with van der Waals surface area (Å²) in [6.45, 7) is 10.8. The molecule has 0 amide bonds. The number of likely N-dealkylation sites (tertiary alicyclic amines) is 1. The summed E-state index contributed by atoms with van der Waals surface area (Å²) in [4.78, 5) is 5.04. The van der Waals surface area contributed by atoms with Crippen LogP contribution in [-0.4, -0.2) is 69.5 Å². The zero-order chi connectivity index (χ0) is 16.1. The molecule has 1 aromatic rings. The number of furan rings is 1. The van der Waals surface area contributed by atoms with Gasteiger partial charge in [0.1, 0.15) is 11.5 Å². The van der Waals surface area contributed by atoms with Crippen LogP contribution < -0.4 is 0 Å². The predicted octanol–water partition coefficient (Wildman–Crippen LogP) is 2.15. The maximum absolute atomic E-state index is 5.97. The molecule has 1 unspecified atom stereocenters. The van der Waals surface area contributed by atoms with E-state index < -0.39 is 0 Å². The lowest BCUT2D eigenvalue weighted by molar-refractivity contribution is -0.000237. The fourth-order valence-electron chi connectivity index (χ4n) is 3.98. The quantitative estimate of drug-likeness (QED) is 0.830. The van der Waals surface area contributed by atoms with Gasteiger partial charge in [-0.3, -0.25) is 9.80 Å². The highest BCUT2D eigenvalue weighted by Gasteiger charge is 2.38. The molecule has 5 heteroatoms. The molecule has 130 valence electrons. The molecule has 1 aromatic heterocycles. The summed E-state index contributed by atoms with van der Waals surface area (Å²) in [5.74, 6) is 2.07. The van der Waals surface area contributed by atoms with Crippen LogP contribution in [0.4, 0.5) is 0 Å². The number of hydrogen-bond donors (Lipinski definition) is 0. The van der Waals surface area contributed by atoms with Gasteiger partial charge in [0.2, 0.25) is 0 Å². The van der Waals surface area contributed by atoms with Gasteiger partial charge >= 0.3 is 0 Å². The first kappa shape index (κ1) is 17.0. The Balaban J connectivity index is 1.62. The van der Waals surface area contributed by atoms with Gasteiger partial charge in [-0.15, -0.1) is 0 Å². The maximum atomic E-state index is 5.97. The van der Waals surface area contributed by atoms with E-state index in [2.05, 4.69) is 21.9 Å². The Bertz CT molecular complexity index is 490. The van der Waals surface area contributed by atoms with Crippen LogP contribution in [0.1, 0.15) is 24.4 Å². The molecular formula is C18H30N2O3. The van der Waals surface area contributed by atoms with E-state index in [-0.39, 0.29) is 5.41 Å². The van der Waals surface area contributed by atoms with Crippen molar-refractivity contribution in [1.29, 1.82) is 0 Å². The molecule has 0 aromatic carbocycles. The van der Waals surface area contributed by atoms with Crippen molar-refractivity contribution in [2.24, 2.45) is 5.41 Å². The average molecular weight is 322 g/mol. The summed E-state index contributed by atoms with van der Waals surface area (Å²) < 4.78 is 17.0. The van der Waals surface area contributed by atoms with Gasteiger partial charge in [-0.05, 0) is 38.4 Å². The molecule has 3 rings (SSSR count). The molecule has 3 heterocycles. The monoisotopic (exact) mass is 322 g/mol. The van der Waals surface area contributed by atoms with Crippen molar-refractivity contribution < 1.29 is 13.9 Å². The lowest BCUT2D eigenvalue weighted by Gasteiger charge is -2.43. The van der Waals surface area contributed by atoms with Crippen LogP contribution in [0.5, 0.6) is 0 Å². The first-order chi connectivity index (χ1) is 11.2. The van der Waals surface area contributed by atoms with E-state index in [4.69, 9.17) is 13.9 Å². The molecule has 1 spiro atoms. The van der Waals surface area contributed by atoms with Gasteiger partial charge in [0, 0.05) is 38.7 Å². The minimum absolute atomic E-state index is 0.254. The second kappa shape index (κ2) is 7.79. The summed E-state index contributed by atoms with van der Waals surface area (Å²) in [6, 6.07) is 4.15. The third kappa shape index (κ3) is 4.57. The van der Waals surface area contributed by atoms with Gasteiger partial charge < -0.3 is 13.9 Å². The Morgan fingerprint density at radius 2 is 2.09 bits per heavy atom. The third-order valence-corrected chi connectivity index (χ3v) is 5.05. The van der Waals surface area contributed by atoms with Crippen molar-refractivity contribution in [3.63, 3.8) is 0 Å². The summed E-state index contributed by atoms with van der Waals surface area (Å²) in [5.41, 5.74) is 0.254. The number of ether oxygens (including phenoxy) is 2. The first-order valence-electron chi connectivity index (χ1n) is 8.76. The second-order valence-electron chi connectivity index (χ2n) is 7.15. The molecule has 0 N–H and O–H groups in total. The Morgan fingerprint density at radius 1 is 1.22 bits per heavy atom. The molecule has 2 saturated heterocycles. The molecular weight excluding hydrogens is 292 g/mol. The minimum atomic E-state index is 0.254. The van der Waals surface area contributed by atoms with Gasteiger partial charge in [0.15, 0.2) is 0 Å². The predicted molar refractivity (Wildman–Crippen MR) is 89.5 cm³/mol. The van der Waals surface area contributed by atoms with Crippen molar-refractivity contribution in [1.82, 2.24) is 9.80 Å². The van der Waals surface area contributed by atoms with Gasteiger partial charge in [-0.2, -0.15) is 0 Å². The normalized spacial score (nSPS) is 27.4. The number of aryl methyl sites for hydroxylation is 1. The average Bonchev–Trinajstić information content (AvgIpc) is 2.84. The molecule has 5 nitrogen and oxygen atoms in total. The van der Waals surface area contributed by atoms with E-state index in [1.165, 1.54) is 12.8 Å². The molecule has 2 aliphatic rings. The van der Waals surface area contributed by atoms with Crippen LogP contribution in [0.15, 0.2) is 16.5 Å². The Hall–Kier alpha value is -0.880. The standard InChI is InChI=1S/C18H30N2O3/c1-16-4-5-17(23-16)12-20-7-3-6-18(14-20)13-19(8-10-21-2)9-11-22-15-18/h4-5H,3,6-15H2,1-2H3. The molecule has 1 atom stereocenters. The second-order valence-corrected chi connectivity index (χ2v) is 7.15. The van der Waals surface area contributed by atoms with Gasteiger partial charge in [0.05, 0.1) is 26.4 Å². The van der Waals surface area contributed by atoms with Crippen molar-refractivity contribution >= 4 is 0 Å². The fourth-order valence-corrected chi connectivity index (χ4v) is 3.98. The van der Waals surface area contributed by atoms with Gasteiger partial charge in [-0.1, -0.05) is 0 Å². The van der Waals surface area contributed by atoms with Crippen LogP contribution in [0.3, 0.4) is 0 Å². The van der Waals surface area contributed by atoms with Crippen molar-refractivity contribution in [3.8, 4) is 0 Å². The largest absolute Gasteiger partial charge is 0.465 e. The maximum Gasteiger partial charge on any atom is 0.118 e. The third-order valence-electron chi connectivity index (χ3n) is 5.05. The minimum Gasteiger partial charge on any atom is -0.465 e. The zero-order valence-electron chi connectivity index (χ0n) is 14.6. The Labute approximate surface area is 139 Å². The first-order valence-corrected chi connectivity index (χ1v) is 8.76. The van der Waals surface area contributed by atoms with E-state index in [1.807, 2.05) is 6.92 Å². The Kier molecular flexibility index (Phi) is 5.75. The molecule has 2 aliphatic heterocycles. The number of nitrogens with zero attached hydrogens (tertiary/aromatic N) is 2. The van der Waals surface area contributed by atoms with Gasteiger partial charge in [0.25, 0.3) is 0 Å². The van der Waals surface area contributed by atoms with Crippen molar-refractivity contribution in [3.05, 3.63) is 23.7 Å². The number of hydrogen-bond acceptors (Lipinski definition) is 5.